The summed E-state index contributed by atoms with van der Waals surface area (Å²) in [6.07, 6.45) is 5.92. The van der Waals surface area contributed by atoms with Gasteiger partial charge in [0.1, 0.15) is 0 Å². The van der Waals surface area contributed by atoms with Gasteiger partial charge in [-0.1, -0.05) is 6.07 Å². The topological polar surface area (TPSA) is 75.3 Å². The molecular formula is C11H17N5. The molecule has 0 aromatic carbocycles. The molecule has 16 heavy (non-hydrogen) atoms. The molecule has 0 bridgehead atoms. The van der Waals surface area contributed by atoms with E-state index >= 15 is 0 Å². The minimum Gasteiger partial charge on any atom is -0.349 e. The van der Waals surface area contributed by atoms with Crippen LogP contribution in [0.4, 0.5) is 0 Å². The van der Waals surface area contributed by atoms with Gasteiger partial charge in [-0.25, -0.2) is 10.8 Å². The Morgan fingerprint density at radius 2 is 2.44 bits per heavy atom. The van der Waals surface area contributed by atoms with E-state index in [1.54, 1.807) is 6.20 Å². The first kappa shape index (κ1) is 10.9. The standard InChI is InChI=1S/C11H17N5/c1-8(9-3-2-6-13-7-9)14-11(16-12)15-10-4-5-10/h2-3,6-8,10H,4-5,12H2,1H3,(H2,14,15,16). The molecule has 0 spiro atoms. The molecule has 0 saturated heterocycles. The number of hydrogen-bond donors (Lipinski definition) is 3. The summed E-state index contributed by atoms with van der Waals surface area (Å²) in [4.78, 5) is 8.50. The van der Waals surface area contributed by atoms with Gasteiger partial charge in [-0.3, -0.25) is 10.4 Å². The van der Waals surface area contributed by atoms with E-state index in [2.05, 4.69) is 27.6 Å². The number of guanidine groups is 1. The summed E-state index contributed by atoms with van der Waals surface area (Å²) in [7, 11) is 0. The van der Waals surface area contributed by atoms with Crippen LogP contribution in [0.2, 0.25) is 0 Å². The second kappa shape index (κ2) is 4.94. The Bertz CT molecular complexity index is 358. The first-order chi connectivity index (χ1) is 7.79. The molecule has 1 aromatic heterocycles. The lowest BCUT2D eigenvalue weighted by Crippen LogP contribution is -2.42. The van der Waals surface area contributed by atoms with Gasteiger partial charge >= 0.3 is 0 Å². The fraction of sp³-hybridized carbons (Fsp3) is 0.455. The Morgan fingerprint density at radius 1 is 1.62 bits per heavy atom. The van der Waals surface area contributed by atoms with Crippen molar-refractivity contribution >= 4 is 5.96 Å². The van der Waals surface area contributed by atoms with Crippen molar-refractivity contribution in [2.24, 2.45) is 10.8 Å². The second-order valence-electron chi connectivity index (χ2n) is 4.01. The van der Waals surface area contributed by atoms with Crippen LogP contribution in [0.25, 0.3) is 0 Å². The molecule has 86 valence electrons. The normalized spacial score (nSPS) is 18.0. The van der Waals surface area contributed by atoms with Crippen LogP contribution in [0.5, 0.6) is 0 Å². The molecule has 2 rings (SSSR count). The van der Waals surface area contributed by atoms with Crippen molar-refractivity contribution < 1.29 is 0 Å². The highest BCUT2D eigenvalue weighted by atomic mass is 15.3. The molecule has 1 atom stereocenters. The highest BCUT2D eigenvalue weighted by Crippen LogP contribution is 2.23. The molecule has 1 heterocycles. The molecule has 1 aliphatic rings. The Balaban J connectivity index is 1.97. The maximum Gasteiger partial charge on any atom is 0.206 e. The first-order valence-electron chi connectivity index (χ1n) is 5.50. The van der Waals surface area contributed by atoms with E-state index in [-0.39, 0.29) is 6.04 Å². The van der Waals surface area contributed by atoms with Gasteiger partial charge in [0, 0.05) is 12.4 Å². The van der Waals surface area contributed by atoms with Crippen molar-refractivity contribution in [3.8, 4) is 0 Å². The van der Waals surface area contributed by atoms with E-state index in [4.69, 9.17) is 5.84 Å². The Kier molecular flexibility index (Phi) is 3.36. The van der Waals surface area contributed by atoms with Gasteiger partial charge in [0.05, 0.1) is 12.1 Å². The molecule has 0 amide bonds. The number of hydrazine groups is 1. The van der Waals surface area contributed by atoms with Gasteiger partial charge in [-0.05, 0) is 31.4 Å². The van der Waals surface area contributed by atoms with Gasteiger partial charge in [-0.2, -0.15) is 0 Å². The Hall–Kier alpha value is -1.62. The number of aromatic nitrogens is 1. The van der Waals surface area contributed by atoms with Crippen LogP contribution in [-0.4, -0.2) is 17.0 Å². The zero-order chi connectivity index (χ0) is 11.4. The number of nitrogens with zero attached hydrogens (tertiary/aromatic N) is 2. The Morgan fingerprint density at radius 3 is 3.00 bits per heavy atom. The number of hydrogen-bond acceptors (Lipinski definition) is 3. The van der Waals surface area contributed by atoms with Crippen LogP contribution < -0.4 is 16.6 Å². The summed E-state index contributed by atoms with van der Waals surface area (Å²) >= 11 is 0. The fourth-order valence-corrected chi connectivity index (χ4v) is 1.42. The summed E-state index contributed by atoms with van der Waals surface area (Å²) in [6.45, 7) is 2.05. The minimum absolute atomic E-state index is 0.141. The van der Waals surface area contributed by atoms with Gasteiger partial charge in [0.25, 0.3) is 0 Å². The van der Waals surface area contributed by atoms with Crippen LogP contribution in [0.3, 0.4) is 0 Å². The van der Waals surface area contributed by atoms with Crippen molar-refractivity contribution in [1.29, 1.82) is 0 Å². The fourth-order valence-electron chi connectivity index (χ4n) is 1.42. The van der Waals surface area contributed by atoms with Crippen molar-refractivity contribution in [2.75, 3.05) is 0 Å². The number of nitrogens with one attached hydrogen (secondary N) is 2. The smallest absolute Gasteiger partial charge is 0.206 e. The van der Waals surface area contributed by atoms with Crippen LogP contribution in [0.15, 0.2) is 29.5 Å². The molecule has 5 heteroatoms. The van der Waals surface area contributed by atoms with E-state index in [1.807, 2.05) is 18.3 Å². The maximum absolute atomic E-state index is 5.42. The zero-order valence-corrected chi connectivity index (χ0v) is 9.35. The average Bonchev–Trinajstić information content (AvgIpc) is 3.13. The summed E-state index contributed by atoms with van der Waals surface area (Å²) < 4.78 is 0. The van der Waals surface area contributed by atoms with E-state index in [0.29, 0.717) is 12.0 Å². The van der Waals surface area contributed by atoms with E-state index in [0.717, 1.165) is 18.4 Å². The van der Waals surface area contributed by atoms with Gasteiger partial charge in [0.15, 0.2) is 0 Å². The zero-order valence-electron chi connectivity index (χ0n) is 9.35. The second-order valence-corrected chi connectivity index (χ2v) is 4.01. The molecule has 1 aromatic rings. The van der Waals surface area contributed by atoms with E-state index in [1.165, 1.54) is 0 Å². The molecule has 1 fully saturated rings. The summed E-state index contributed by atoms with van der Waals surface area (Å²) in [5.41, 5.74) is 3.70. The molecule has 0 aliphatic heterocycles. The van der Waals surface area contributed by atoms with Gasteiger partial charge in [0.2, 0.25) is 5.96 Å². The van der Waals surface area contributed by atoms with Crippen LogP contribution >= 0.6 is 0 Å². The maximum atomic E-state index is 5.42. The third-order valence-electron chi connectivity index (χ3n) is 2.53. The van der Waals surface area contributed by atoms with E-state index < -0.39 is 0 Å². The SMILES string of the molecule is CC(NC(=NC1CC1)NN)c1cccnc1. The molecule has 4 N–H and O–H groups in total. The minimum atomic E-state index is 0.141. The number of rotatable bonds is 3. The largest absolute Gasteiger partial charge is 0.349 e. The van der Waals surface area contributed by atoms with Crippen molar-refractivity contribution in [3.63, 3.8) is 0 Å². The van der Waals surface area contributed by atoms with Crippen molar-refractivity contribution in [3.05, 3.63) is 30.1 Å². The summed E-state index contributed by atoms with van der Waals surface area (Å²) in [5.74, 6) is 6.07. The first-order valence-corrected chi connectivity index (χ1v) is 5.50. The van der Waals surface area contributed by atoms with Crippen LogP contribution in [-0.2, 0) is 0 Å². The van der Waals surface area contributed by atoms with Crippen molar-refractivity contribution in [2.45, 2.75) is 31.8 Å². The summed E-state index contributed by atoms with van der Waals surface area (Å²) in [5, 5.41) is 3.23. The lowest BCUT2D eigenvalue weighted by atomic mass is 10.1. The third kappa shape index (κ3) is 2.93. The van der Waals surface area contributed by atoms with Crippen LogP contribution in [0, 0.1) is 0 Å². The molecule has 5 nitrogen and oxygen atoms in total. The lowest BCUT2D eigenvalue weighted by Gasteiger charge is -2.16. The molecule has 1 saturated carbocycles. The number of aliphatic imine (C=N–C) groups is 1. The Labute approximate surface area is 95.1 Å². The quantitative estimate of drug-likeness (QED) is 0.303. The molecule has 1 aliphatic carbocycles. The van der Waals surface area contributed by atoms with E-state index in [9.17, 15) is 0 Å². The van der Waals surface area contributed by atoms with Crippen molar-refractivity contribution in [1.82, 2.24) is 15.7 Å². The molecule has 0 radical (unpaired) electrons. The third-order valence-corrected chi connectivity index (χ3v) is 2.53. The highest BCUT2D eigenvalue weighted by molar-refractivity contribution is 5.79. The highest BCUT2D eigenvalue weighted by Gasteiger charge is 2.21. The predicted molar refractivity (Wildman–Crippen MR) is 63.6 cm³/mol. The summed E-state index contributed by atoms with van der Waals surface area (Å²) in [6, 6.07) is 4.53. The molecule has 1 unspecified atom stereocenters. The van der Waals surface area contributed by atoms with Gasteiger partial charge < -0.3 is 5.32 Å². The predicted octanol–water partition coefficient (Wildman–Crippen LogP) is 0.714. The molecular weight excluding hydrogens is 202 g/mol. The average molecular weight is 219 g/mol. The number of nitrogens with two attached hydrogens (primary N) is 1. The van der Waals surface area contributed by atoms with Gasteiger partial charge in [-0.15, -0.1) is 0 Å². The van der Waals surface area contributed by atoms with Crippen LogP contribution in [0.1, 0.15) is 31.4 Å². The lowest BCUT2D eigenvalue weighted by molar-refractivity contribution is 0.684. The monoisotopic (exact) mass is 219 g/mol. The number of pyridine rings is 1.